The molecule has 1 heterocycles. The van der Waals surface area contributed by atoms with Gasteiger partial charge in [-0.2, -0.15) is 0 Å². The first kappa shape index (κ1) is 23.4. The molecule has 2 N–H and O–H groups in total. The van der Waals surface area contributed by atoms with E-state index in [1.807, 2.05) is 54.6 Å². The molecule has 32 heavy (non-hydrogen) atoms. The molecule has 0 aliphatic carbocycles. The third-order valence-corrected chi connectivity index (χ3v) is 5.43. The largest absolute Gasteiger partial charge is 0.503 e. The van der Waals surface area contributed by atoms with Crippen molar-refractivity contribution in [2.24, 2.45) is 0 Å². The van der Waals surface area contributed by atoms with Crippen molar-refractivity contribution in [3.8, 4) is 0 Å². The number of aliphatic hydroxyl groups excluding tert-OH is 2. The molecule has 2 aromatic carbocycles. The third kappa shape index (κ3) is 5.33. The molecule has 0 aromatic heterocycles. The van der Waals surface area contributed by atoms with E-state index in [4.69, 9.17) is 9.84 Å². The molecule has 0 spiro atoms. The molecule has 1 aliphatic heterocycles. The van der Waals surface area contributed by atoms with Gasteiger partial charge in [0.15, 0.2) is 11.5 Å². The van der Waals surface area contributed by atoms with Crippen LogP contribution in [0.1, 0.15) is 42.5 Å². The van der Waals surface area contributed by atoms with Gasteiger partial charge in [-0.1, -0.05) is 74.5 Å². The minimum Gasteiger partial charge on any atom is -0.503 e. The average molecular weight is 436 g/mol. The Morgan fingerprint density at radius 3 is 2.41 bits per heavy atom. The molecule has 0 fully saturated rings. The minimum absolute atomic E-state index is 0.0571. The molecule has 3 rings (SSSR count). The van der Waals surface area contributed by atoms with Crippen molar-refractivity contribution in [2.75, 3.05) is 26.4 Å². The van der Waals surface area contributed by atoms with Gasteiger partial charge in [0, 0.05) is 6.54 Å². The zero-order valence-electron chi connectivity index (χ0n) is 18.4. The number of rotatable bonds is 10. The lowest BCUT2D eigenvalue weighted by Gasteiger charge is -2.26. The van der Waals surface area contributed by atoms with E-state index < -0.39 is 23.5 Å². The summed E-state index contributed by atoms with van der Waals surface area (Å²) in [5.74, 6) is -1.22. The number of amides is 1. The molecular formula is C26H29NO5. The summed E-state index contributed by atoms with van der Waals surface area (Å²) in [7, 11) is 0. The maximum Gasteiger partial charge on any atom is 0.290 e. The summed E-state index contributed by atoms with van der Waals surface area (Å²) >= 11 is 0. The summed E-state index contributed by atoms with van der Waals surface area (Å²) in [6.45, 7) is 4.58. The third-order valence-electron chi connectivity index (χ3n) is 5.43. The van der Waals surface area contributed by atoms with Crippen molar-refractivity contribution < 1.29 is 24.5 Å². The molecule has 0 saturated carbocycles. The first-order valence-corrected chi connectivity index (χ1v) is 10.7. The molecule has 6 heteroatoms. The molecular weight excluding hydrogens is 406 g/mol. The van der Waals surface area contributed by atoms with Crippen LogP contribution >= 0.6 is 0 Å². The highest BCUT2D eigenvalue weighted by Gasteiger charge is 2.42. The molecule has 2 aromatic rings. The average Bonchev–Trinajstić information content (AvgIpc) is 3.06. The molecule has 1 atom stereocenters. The molecule has 1 aliphatic rings. The van der Waals surface area contributed by atoms with Crippen molar-refractivity contribution in [3.05, 3.63) is 88.7 Å². The van der Waals surface area contributed by atoms with Crippen molar-refractivity contribution >= 4 is 17.8 Å². The standard InChI is InChI=1S/C26H29NO5/c1-18(2)20-9-11-21(12-10-20)24-23(22(29)13-8-19-6-4-3-5-7-19)25(30)26(31)27(24)14-16-32-17-15-28/h3-13,18,24,28,30H,14-17H2,1-2H3/b13-8+/t24-/m1/s1. The molecule has 6 nitrogen and oxygen atoms in total. The summed E-state index contributed by atoms with van der Waals surface area (Å²) in [6.07, 6.45) is 3.05. The van der Waals surface area contributed by atoms with Gasteiger partial charge in [0.1, 0.15) is 0 Å². The number of carbonyl (C=O) groups is 2. The molecule has 0 bridgehead atoms. The lowest BCUT2D eigenvalue weighted by molar-refractivity contribution is -0.130. The van der Waals surface area contributed by atoms with E-state index in [9.17, 15) is 14.7 Å². The fraction of sp³-hybridized carbons (Fsp3) is 0.308. The number of carbonyl (C=O) groups excluding carboxylic acids is 2. The minimum atomic E-state index is -0.714. The second-order valence-corrected chi connectivity index (χ2v) is 7.93. The summed E-state index contributed by atoms with van der Waals surface area (Å²) in [5, 5.41) is 19.5. The number of aliphatic hydroxyl groups is 2. The first-order chi connectivity index (χ1) is 15.4. The van der Waals surface area contributed by atoms with Gasteiger partial charge in [-0.15, -0.1) is 0 Å². The van der Waals surface area contributed by atoms with E-state index in [0.717, 1.165) is 16.7 Å². The van der Waals surface area contributed by atoms with Gasteiger partial charge in [0.05, 0.1) is 31.4 Å². The van der Waals surface area contributed by atoms with Crippen LogP contribution in [-0.2, 0) is 14.3 Å². The van der Waals surface area contributed by atoms with Gasteiger partial charge in [-0.25, -0.2) is 0 Å². The molecule has 0 saturated heterocycles. The fourth-order valence-corrected chi connectivity index (χ4v) is 3.70. The first-order valence-electron chi connectivity index (χ1n) is 10.7. The monoisotopic (exact) mass is 435 g/mol. The summed E-state index contributed by atoms with van der Waals surface area (Å²) in [6, 6.07) is 16.4. The van der Waals surface area contributed by atoms with Crippen molar-refractivity contribution in [2.45, 2.75) is 25.8 Å². The Morgan fingerprint density at radius 2 is 1.78 bits per heavy atom. The maximum absolute atomic E-state index is 13.1. The Labute approximate surface area is 188 Å². The van der Waals surface area contributed by atoms with Crippen LogP contribution in [-0.4, -0.2) is 53.2 Å². The Hall–Kier alpha value is -3.22. The topological polar surface area (TPSA) is 87.1 Å². The van der Waals surface area contributed by atoms with Crippen LogP contribution in [0.3, 0.4) is 0 Å². The Balaban J connectivity index is 1.93. The maximum atomic E-state index is 13.1. The van der Waals surface area contributed by atoms with Gasteiger partial charge >= 0.3 is 0 Å². The number of benzene rings is 2. The van der Waals surface area contributed by atoms with E-state index in [1.165, 1.54) is 11.0 Å². The van der Waals surface area contributed by atoms with Crippen LogP contribution in [0.2, 0.25) is 0 Å². The van der Waals surface area contributed by atoms with Gasteiger partial charge in [-0.05, 0) is 28.7 Å². The van der Waals surface area contributed by atoms with E-state index in [2.05, 4.69) is 13.8 Å². The molecule has 0 unspecified atom stereocenters. The number of allylic oxidation sites excluding steroid dienone is 1. The van der Waals surface area contributed by atoms with Crippen molar-refractivity contribution in [3.63, 3.8) is 0 Å². The summed E-state index contributed by atoms with van der Waals surface area (Å²) < 4.78 is 5.32. The Morgan fingerprint density at radius 1 is 1.09 bits per heavy atom. The zero-order chi connectivity index (χ0) is 23.1. The highest BCUT2D eigenvalue weighted by Crippen LogP contribution is 2.38. The number of nitrogens with zero attached hydrogens (tertiary/aromatic N) is 1. The van der Waals surface area contributed by atoms with Gasteiger partial charge in [0.2, 0.25) is 0 Å². The van der Waals surface area contributed by atoms with E-state index in [1.54, 1.807) is 6.08 Å². The molecule has 0 radical (unpaired) electrons. The highest BCUT2D eigenvalue weighted by atomic mass is 16.5. The summed E-state index contributed by atoms with van der Waals surface area (Å²) in [4.78, 5) is 27.4. The number of ketones is 1. The lowest BCUT2D eigenvalue weighted by atomic mass is 9.93. The summed E-state index contributed by atoms with van der Waals surface area (Å²) in [5.41, 5.74) is 2.78. The van der Waals surface area contributed by atoms with E-state index in [-0.39, 0.29) is 31.9 Å². The van der Waals surface area contributed by atoms with Crippen molar-refractivity contribution in [1.29, 1.82) is 0 Å². The predicted octanol–water partition coefficient (Wildman–Crippen LogP) is 3.80. The van der Waals surface area contributed by atoms with E-state index in [0.29, 0.717) is 5.92 Å². The van der Waals surface area contributed by atoms with E-state index >= 15 is 0 Å². The lowest BCUT2D eigenvalue weighted by Crippen LogP contribution is -2.34. The Kier molecular flexibility index (Phi) is 7.98. The number of hydrogen-bond acceptors (Lipinski definition) is 5. The molecule has 1 amide bonds. The number of hydrogen-bond donors (Lipinski definition) is 2. The predicted molar refractivity (Wildman–Crippen MR) is 123 cm³/mol. The quantitative estimate of drug-likeness (QED) is 0.438. The van der Waals surface area contributed by atoms with Gasteiger partial charge < -0.3 is 19.8 Å². The highest BCUT2D eigenvalue weighted by molar-refractivity contribution is 6.14. The Bertz CT molecular complexity index is 993. The molecule has 168 valence electrons. The van der Waals surface area contributed by atoms with Crippen LogP contribution in [0.4, 0.5) is 0 Å². The second kappa shape index (κ2) is 10.9. The van der Waals surface area contributed by atoms with Crippen molar-refractivity contribution in [1.82, 2.24) is 4.90 Å². The van der Waals surface area contributed by atoms with Gasteiger partial charge in [-0.3, -0.25) is 9.59 Å². The normalized spacial score (nSPS) is 16.6. The van der Waals surface area contributed by atoms with Crippen LogP contribution in [0.5, 0.6) is 0 Å². The number of ether oxygens (including phenoxy) is 1. The van der Waals surface area contributed by atoms with Crippen LogP contribution < -0.4 is 0 Å². The second-order valence-electron chi connectivity index (χ2n) is 7.93. The van der Waals surface area contributed by atoms with Gasteiger partial charge in [0.25, 0.3) is 5.91 Å². The SMILES string of the molecule is CC(C)c1ccc([C@@H]2C(C(=O)/C=C/c3ccccc3)=C(O)C(=O)N2CCOCCO)cc1. The van der Waals surface area contributed by atoms with Crippen LogP contribution in [0.25, 0.3) is 6.08 Å². The fourth-order valence-electron chi connectivity index (χ4n) is 3.70. The van der Waals surface area contributed by atoms with Crippen LogP contribution in [0, 0.1) is 0 Å². The van der Waals surface area contributed by atoms with Crippen LogP contribution in [0.15, 0.2) is 72.0 Å². The smallest absolute Gasteiger partial charge is 0.290 e. The zero-order valence-corrected chi connectivity index (χ0v) is 18.4.